The summed E-state index contributed by atoms with van der Waals surface area (Å²) in [6.07, 6.45) is 8.10. The summed E-state index contributed by atoms with van der Waals surface area (Å²) in [6, 6.07) is 5.59. The summed E-state index contributed by atoms with van der Waals surface area (Å²) in [5.74, 6) is -0.0224. The number of carbonyl (C=O) groups excluding carboxylic acids is 1. The molecule has 3 N–H and O–H groups in total. The highest BCUT2D eigenvalue weighted by atomic mass is 16.2. The highest BCUT2D eigenvalue weighted by molar-refractivity contribution is 6.32. The average Bonchev–Trinajstić information content (AvgIpc) is 2.99. The van der Waals surface area contributed by atoms with Gasteiger partial charge in [-0.05, 0) is 80.0 Å². The highest BCUT2D eigenvalue weighted by Gasteiger charge is 2.27. The van der Waals surface area contributed by atoms with Gasteiger partial charge >= 0.3 is 0 Å². The normalized spacial score (nSPS) is 22.2. The van der Waals surface area contributed by atoms with Crippen LogP contribution in [0.5, 0.6) is 0 Å². The molecule has 1 aliphatic heterocycles. The molecule has 3 heteroatoms. The van der Waals surface area contributed by atoms with Crippen molar-refractivity contribution in [3.8, 4) is 0 Å². The molecule has 22 heavy (non-hydrogen) atoms. The summed E-state index contributed by atoms with van der Waals surface area (Å²) in [7, 11) is 0. The first-order chi connectivity index (χ1) is 10.6. The Labute approximate surface area is 130 Å². The van der Waals surface area contributed by atoms with Crippen molar-refractivity contribution in [2.24, 2.45) is 0 Å². The molecule has 1 aromatic rings. The van der Waals surface area contributed by atoms with E-state index < -0.39 is 0 Å². The quantitative estimate of drug-likeness (QED) is 0.602. The maximum atomic E-state index is 12.3. The Kier molecular flexibility index (Phi) is 2.96. The van der Waals surface area contributed by atoms with Gasteiger partial charge in [-0.1, -0.05) is 5.57 Å². The zero-order chi connectivity index (χ0) is 15.3. The van der Waals surface area contributed by atoms with Crippen LogP contribution < -0.4 is 11.1 Å². The number of carbonyl (C=O) groups is 1. The third-order valence-corrected chi connectivity index (χ3v) is 5.07. The van der Waals surface area contributed by atoms with Gasteiger partial charge in [0.1, 0.15) is 0 Å². The number of allylic oxidation sites excluding steroid dienone is 5. The van der Waals surface area contributed by atoms with Gasteiger partial charge in [0.2, 0.25) is 0 Å². The van der Waals surface area contributed by atoms with Crippen LogP contribution in [0.1, 0.15) is 44.6 Å². The molecule has 3 aliphatic rings. The Morgan fingerprint density at radius 2 is 2.05 bits per heavy atom. The first-order valence-electron chi connectivity index (χ1n) is 7.97. The topological polar surface area (TPSA) is 55.1 Å². The van der Waals surface area contributed by atoms with Crippen molar-refractivity contribution in [1.29, 1.82) is 0 Å². The molecule has 3 nitrogen and oxygen atoms in total. The fraction of sp³-hybridized carbons (Fsp3) is 0.316. The van der Waals surface area contributed by atoms with Gasteiger partial charge in [-0.3, -0.25) is 4.79 Å². The smallest absolute Gasteiger partial charge is 0.256 e. The maximum Gasteiger partial charge on any atom is 0.256 e. The first-order valence-corrected chi connectivity index (χ1v) is 7.97. The van der Waals surface area contributed by atoms with Gasteiger partial charge in [-0.2, -0.15) is 0 Å². The molecule has 1 aromatic carbocycles. The van der Waals surface area contributed by atoms with Crippen LogP contribution in [0.4, 0.5) is 11.4 Å². The monoisotopic (exact) mass is 292 g/mol. The standard InChI is InChI=1S/C19H20N2O/c1-11-13(8-12-4-2-3-5-15(11)12)9-17-16-10-14(20)6-7-18(16)21-19(17)22/h6-7,9-10H,2-5,8,20H2,1H3,(H,21,22). The summed E-state index contributed by atoms with van der Waals surface area (Å²) >= 11 is 0. The van der Waals surface area contributed by atoms with E-state index in [2.05, 4.69) is 18.3 Å². The second kappa shape index (κ2) is 4.87. The van der Waals surface area contributed by atoms with Gasteiger partial charge in [0.25, 0.3) is 5.91 Å². The average molecular weight is 292 g/mol. The third kappa shape index (κ3) is 2.00. The van der Waals surface area contributed by atoms with Crippen LogP contribution in [0.25, 0.3) is 5.57 Å². The molecule has 0 unspecified atom stereocenters. The van der Waals surface area contributed by atoms with Crippen molar-refractivity contribution < 1.29 is 4.79 Å². The van der Waals surface area contributed by atoms with Crippen molar-refractivity contribution >= 4 is 22.9 Å². The highest BCUT2D eigenvalue weighted by Crippen LogP contribution is 2.43. The van der Waals surface area contributed by atoms with E-state index in [9.17, 15) is 4.79 Å². The Hall–Kier alpha value is -2.29. The van der Waals surface area contributed by atoms with Crippen molar-refractivity contribution in [1.82, 2.24) is 0 Å². The Morgan fingerprint density at radius 1 is 1.23 bits per heavy atom. The van der Waals surface area contributed by atoms with E-state index in [1.165, 1.54) is 36.8 Å². The minimum Gasteiger partial charge on any atom is -0.399 e. The predicted molar refractivity (Wildman–Crippen MR) is 90.3 cm³/mol. The Balaban J connectivity index is 1.75. The number of amides is 1. The van der Waals surface area contributed by atoms with Gasteiger partial charge in [0.05, 0.1) is 0 Å². The number of nitrogen functional groups attached to an aromatic ring is 1. The molecule has 0 spiro atoms. The van der Waals surface area contributed by atoms with Crippen molar-refractivity contribution in [2.45, 2.75) is 39.0 Å². The van der Waals surface area contributed by atoms with Crippen LogP contribution in [-0.4, -0.2) is 5.91 Å². The second-order valence-corrected chi connectivity index (χ2v) is 6.43. The third-order valence-electron chi connectivity index (χ3n) is 5.07. The number of hydrogen-bond acceptors (Lipinski definition) is 2. The molecule has 112 valence electrons. The van der Waals surface area contributed by atoms with E-state index in [-0.39, 0.29) is 5.91 Å². The van der Waals surface area contributed by atoms with Crippen molar-refractivity contribution in [3.63, 3.8) is 0 Å². The molecule has 0 saturated carbocycles. The number of rotatable bonds is 1. The lowest BCUT2D eigenvalue weighted by Crippen LogP contribution is -2.04. The lowest BCUT2D eigenvalue weighted by molar-refractivity contribution is -0.110. The van der Waals surface area contributed by atoms with Gasteiger partial charge < -0.3 is 11.1 Å². The molecule has 0 saturated heterocycles. The van der Waals surface area contributed by atoms with Crippen LogP contribution in [0, 0.1) is 0 Å². The van der Waals surface area contributed by atoms with Crippen molar-refractivity contribution in [3.05, 3.63) is 52.1 Å². The fourth-order valence-electron chi connectivity index (χ4n) is 3.85. The Bertz CT molecular complexity index is 781. The summed E-state index contributed by atoms with van der Waals surface area (Å²) in [6.45, 7) is 2.20. The minimum atomic E-state index is -0.0224. The van der Waals surface area contributed by atoms with Crippen LogP contribution in [0.3, 0.4) is 0 Å². The van der Waals surface area contributed by atoms with Gasteiger partial charge in [-0.15, -0.1) is 0 Å². The van der Waals surface area contributed by atoms with Gasteiger partial charge in [0.15, 0.2) is 0 Å². The predicted octanol–water partition coefficient (Wildman–Crippen LogP) is 4.20. The van der Waals surface area contributed by atoms with Crippen LogP contribution >= 0.6 is 0 Å². The van der Waals surface area contributed by atoms with Crippen molar-refractivity contribution in [2.75, 3.05) is 11.1 Å². The van der Waals surface area contributed by atoms with Crippen LogP contribution in [0.15, 0.2) is 46.6 Å². The second-order valence-electron chi connectivity index (χ2n) is 6.43. The summed E-state index contributed by atoms with van der Waals surface area (Å²) < 4.78 is 0. The molecular formula is C19H20N2O. The van der Waals surface area contributed by atoms with Crippen LogP contribution in [0.2, 0.25) is 0 Å². The lowest BCUT2D eigenvalue weighted by atomic mass is 9.91. The lowest BCUT2D eigenvalue weighted by Gasteiger charge is -2.14. The molecule has 0 fully saturated rings. The minimum absolute atomic E-state index is 0.0224. The molecule has 0 aromatic heterocycles. The number of benzene rings is 1. The van der Waals surface area contributed by atoms with Gasteiger partial charge in [-0.25, -0.2) is 0 Å². The molecule has 4 rings (SSSR count). The molecule has 1 heterocycles. The van der Waals surface area contributed by atoms with E-state index in [1.54, 1.807) is 11.1 Å². The molecule has 0 atom stereocenters. The zero-order valence-corrected chi connectivity index (χ0v) is 12.8. The van der Waals surface area contributed by atoms with E-state index >= 15 is 0 Å². The van der Waals surface area contributed by atoms with Crippen LogP contribution in [-0.2, 0) is 4.79 Å². The molecular weight excluding hydrogens is 272 g/mol. The van der Waals surface area contributed by atoms with E-state index in [0.717, 1.165) is 23.2 Å². The molecule has 0 bridgehead atoms. The molecule has 2 aliphatic carbocycles. The largest absolute Gasteiger partial charge is 0.399 e. The summed E-state index contributed by atoms with van der Waals surface area (Å²) in [5, 5.41) is 2.93. The zero-order valence-electron chi connectivity index (χ0n) is 12.8. The molecule has 0 radical (unpaired) electrons. The first kappa shape index (κ1) is 13.4. The summed E-state index contributed by atoms with van der Waals surface area (Å²) in [4.78, 5) is 12.3. The maximum absolute atomic E-state index is 12.3. The number of fused-ring (bicyclic) bond motifs is 1. The van der Waals surface area contributed by atoms with Gasteiger partial charge in [0, 0.05) is 22.5 Å². The Morgan fingerprint density at radius 3 is 2.86 bits per heavy atom. The van der Waals surface area contributed by atoms with E-state index in [0.29, 0.717) is 5.69 Å². The van der Waals surface area contributed by atoms with E-state index in [4.69, 9.17) is 5.73 Å². The molecule has 1 amide bonds. The summed E-state index contributed by atoms with van der Waals surface area (Å²) in [5.41, 5.74) is 14.9. The fourth-order valence-corrected chi connectivity index (χ4v) is 3.85. The number of nitrogens with two attached hydrogens (primary N) is 1. The number of hydrogen-bond donors (Lipinski definition) is 2. The SMILES string of the molecule is CC1=C(C=C2C(=O)Nc3ccc(N)cc32)CC2=C1CCCC2. The number of anilines is 2. The number of nitrogens with one attached hydrogen (secondary N) is 1. The van der Waals surface area contributed by atoms with E-state index in [1.807, 2.05) is 18.2 Å².